The smallest absolute Gasteiger partial charge is 0.328 e. The van der Waals surface area contributed by atoms with Crippen molar-refractivity contribution in [2.75, 3.05) is 5.73 Å². The molecule has 0 aliphatic carbocycles. The van der Waals surface area contributed by atoms with Crippen LogP contribution in [0.25, 0.3) is 6.08 Å². The molecule has 0 saturated heterocycles. The van der Waals surface area contributed by atoms with Gasteiger partial charge in [0.2, 0.25) is 0 Å². The summed E-state index contributed by atoms with van der Waals surface area (Å²) in [5.41, 5.74) is 7.06. The molecule has 4 nitrogen and oxygen atoms in total. The standard InChI is InChI=1S/C9H10N2O2/c1-6-4-7(2-3-8(12)13)5-11-9(6)10/h2-5H,1H3,(H2,10,11)(H,12,13). The minimum Gasteiger partial charge on any atom is -0.478 e. The van der Waals surface area contributed by atoms with Crippen molar-refractivity contribution in [1.29, 1.82) is 0 Å². The molecule has 1 aromatic heterocycles. The van der Waals surface area contributed by atoms with Gasteiger partial charge in [-0.15, -0.1) is 0 Å². The molecule has 1 rings (SSSR count). The number of nitrogen functional groups attached to an aromatic ring is 1. The molecule has 0 aromatic carbocycles. The van der Waals surface area contributed by atoms with Crippen LogP contribution in [0.3, 0.4) is 0 Å². The summed E-state index contributed by atoms with van der Waals surface area (Å²) in [5.74, 6) is -0.512. The molecule has 3 N–H and O–H groups in total. The van der Waals surface area contributed by atoms with Crippen LogP contribution in [0, 0.1) is 6.92 Å². The molecule has 0 radical (unpaired) electrons. The third-order valence-electron chi connectivity index (χ3n) is 1.56. The van der Waals surface area contributed by atoms with Gasteiger partial charge in [0.05, 0.1) is 0 Å². The maximum absolute atomic E-state index is 10.2. The largest absolute Gasteiger partial charge is 0.478 e. The van der Waals surface area contributed by atoms with Gasteiger partial charge in [-0.2, -0.15) is 0 Å². The highest BCUT2D eigenvalue weighted by Gasteiger charge is 1.95. The minimum atomic E-state index is -0.977. The number of nitrogens with two attached hydrogens (primary N) is 1. The van der Waals surface area contributed by atoms with Crippen LogP contribution in [-0.2, 0) is 4.79 Å². The molecule has 0 bridgehead atoms. The molecule has 0 aliphatic rings. The first-order chi connectivity index (χ1) is 6.09. The van der Waals surface area contributed by atoms with E-state index in [0.29, 0.717) is 5.82 Å². The van der Waals surface area contributed by atoms with Crippen molar-refractivity contribution < 1.29 is 9.90 Å². The summed E-state index contributed by atoms with van der Waals surface area (Å²) in [7, 11) is 0. The Hall–Kier alpha value is -1.84. The van der Waals surface area contributed by atoms with Crippen LogP contribution in [0.1, 0.15) is 11.1 Å². The Morgan fingerprint density at radius 3 is 2.92 bits per heavy atom. The molecule has 1 heterocycles. The van der Waals surface area contributed by atoms with Gasteiger partial charge in [0.15, 0.2) is 0 Å². The molecule has 0 aliphatic heterocycles. The maximum Gasteiger partial charge on any atom is 0.328 e. The summed E-state index contributed by atoms with van der Waals surface area (Å²) < 4.78 is 0. The van der Waals surface area contributed by atoms with Crippen molar-refractivity contribution in [3.8, 4) is 0 Å². The number of carbonyl (C=O) groups is 1. The number of nitrogens with zero attached hydrogens (tertiary/aromatic N) is 1. The number of hydrogen-bond acceptors (Lipinski definition) is 3. The number of pyridine rings is 1. The molecule has 1 aromatic rings. The number of anilines is 1. The van der Waals surface area contributed by atoms with E-state index in [1.165, 1.54) is 12.3 Å². The Morgan fingerprint density at radius 2 is 2.38 bits per heavy atom. The SMILES string of the molecule is Cc1cc(C=CC(=O)O)cnc1N. The van der Waals surface area contributed by atoms with E-state index >= 15 is 0 Å². The van der Waals surface area contributed by atoms with Crippen LogP contribution >= 0.6 is 0 Å². The Labute approximate surface area is 75.7 Å². The quantitative estimate of drug-likeness (QED) is 0.664. The molecule has 0 spiro atoms. The topological polar surface area (TPSA) is 76.2 Å². The van der Waals surface area contributed by atoms with Crippen molar-refractivity contribution in [3.05, 3.63) is 29.5 Å². The lowest BCUT2D eigenvalue weighted by molar-refractivity contribution is -0.131. The molecule has 13 heavy (non-hydrogen) atoms. The van der Waals surface area contributed by atoms with E-state index in [-0.39, 0.29) is 0 Å². The van der Waals surface area contributed by atoms with Crippen LogP contribution in [0.4, 0.5) is 5.82 Å². The molecule has 0 atom stereocenters. The number of aromatic nitrogens is 1. The van der Waals surface area contributed by atoms with Crippen molar-refractivity contribution >= 4 is 17.9 Å². The van der Waals surface area contributed by atoms with Gasteiger partial charge in [-0.05, 0) is 30.2 Å². The zero-order valence-electron chi connectivity index (χ0n) is 7.19. The number of aliphatic carboxylic acids is 1. The highest BCUT2D eigenvalue weighted by molar-refractivity contribution is 5.85. The van der Waals surface area contributed by atoms with Crippen molar-refractivity contribution in [2.45, 2.75) is 6.92 Å². The first-order valence-corrected chi connectivity index (χ1v) is 3.72. The zero-order valence-corrected chi connectivity index (χ0v) is 7.19. The summed E-state index contributed by atoms with van der Waals surface area (Å²) in [6.45, 7) is 1.82. The van der Waals surface area contributed by atoms with Gasteiger partial charge in [0.25, 0.3) is 0 Å². The summed E-state index contributed by atoms with van der Waals surface area (Å²) in [4.78, 5) is 14.1. The molecule has 0 fully saturated rings. The first kappa shape index (κ1) is 9.25. The molecule has 68 valence electrons. The Kier molecular flexibility index (Phi) is 2.64. The third-order valence-corrected chi connectivity index (χ3v) is 1.56. The Morgan fingerprint density at radius 1 is 1.69 bits per heavy atom. The second-order valence-corrected chi connectivity index (χ2v) is 2.64. The molecular formula is C9H10N2O2. The van der Waals surface area contributed by atoms with Crippen molar-refractivity contribution in [2.24, 2.45) is 0 Å². The molecule has 0 amide bonds. The number of rotatable bonds is 2. The zero-order chi connectivity index (χ0) is 9.84. The lowest BCUT2D eigenvalue weighted by atomic mass is 10.2. The molecule has 0 saturated carbocycles. The van der Waals surface area contributed by atoms with Gasteiger partial charge in [-0.3, -0.25) is 0 Å². The van der Waals surface area contributed by atoms with Gasteiger partial charge in [0, 0.05) is 12.3 Å². The lowest BCUT2D eigenvalue weighted by Crippen LogP contribution is -1.94. The van der Waals surface area contributed by atoms with Crippen LogP contribution in [-0.4, -0.2) is 16.1 Å². The maximum atomic E-state index is 10.2. The number of aryl methyl sites for hydroxylation is 1. The highest BCUT2D eigenvalue weighted by Crippen LogP contribution is 2.09. The fourth-order valence-electron chi connectivity index (χ4n) is 0.866. The average Bonchev–Trinajstić information content (AvgIpc) is 2.07. The van der Waals surface area contributed by atoms with Crippen LogP contribution in [0.2, 0.25) is 0 Å². The van der Waals surface area contributed by atoms with Crippen LogP contribution in [0.5, 0.6) is 0 Å². The van der Waals surface area contributed by atoms with Gasteiger partial charge < -0.3 is 10.8 Å². The molecular weight excluding hydrogens is 168 g/mol. The average molecular weight is 178 g/mol. The van der Waals surface area contributed by atoms with E-state index in [2.05, 4.69) is 4.98 Å². The van der Waals surface area contributed by atoms with Gasteiger partial charge in [-0.25, -0.2) is 9.78 Å². The van der Waals surface area contributed by atoms with E-state index in [1.54, 1.807) is 6.07 Å². The summed E-state index contributed by atoms with van der Waals surface area (Å²) >= 11 is 0. The van der Waals surface area contributed by atoms with Crippen LogP contribution < -0.4 is 5.73 Å². The van der Waals surface area contributed by atoms with E-state index in [1.807, 2.05) is 6.92 Å². The Bertz CT molecular complexity index is 359. The molecule has 0 unspecified atom stereocenters. The predicted octanol–water partition coefficient (Wildman–Crippen LogP) is 1.07. The summed E-state index contributed by atoms with van der Waals surface area (Å²) in [6, 6.07) is 1.78. The lowest BCUT2D eigenvalue weighted by Gasteiger charge is -1.98. The van der Waals surface area contributed by atoms with Crippen molar-refractivity contribution in [3.63, 3.8) is 0 Å². The summed E-state index contributed by atoms with van der Waals surface area (Å²) in [5, 5.41) is 8.37. The fourth-order valence-corrected chi connectivity index (χ4v) is 0.866. The first-order valence-electron chi connectivity index (χ1n) is 3.72. The Balaban J connectivity index is 2.92. The normalized spacial score (nSPS) is 10.5. The molecule has 4 heteroatoms. The van der Waals surface area contributed by atoms with E-state index < -0.39 is 5.97 Å². The number of carboxylic acid groups (broad SMARTS) is 1. The second-order valence-electron chi connectivity index (χ2n) is 2.64. The number of hydrogen-bond donors (Lipinski definition) is 2. The van der Waals surface area contributed by atoms with Gasteiger partial charge in [-0.1, -0.05) is 0 Å². The summed E-state index contributed by atoms with van der Waals surface area (Å²) in [6.07, 6.45) is 4.07. The monoisotopic (exact) mass is 178 g/mol. The van der Waals surface area contributed by atoms with Crippen LogP contribution in [0.15, 0.2) is 18.3 Å². The third kappa shape index (κ3) is 2.59. The highest BCUT2D eigenvalue weighted by atomic mass is 16.4. The van der Waals surface area contributed by atoms with E-state index in [4.69, 9.17) is 10.8 Å². The van der Waals surface area contributed by atoms with E-state index in [9.17, 15) is 4.79 Å². The van der Waals surface area contributed by atoms with Gasteiger partial charge in [0.1, 0.15) is 5.82 Å². The minimum absolute atomic E-state index is 0.465. The van der Waals surface area contributed by atoms with E-state index in [0.717, 1.165) is 17.2 Å². The second kappa shape index (κ2) is 3.71. The predicted molar refractivity (Wildman–Crippen MR) is 50.1 cm³/mol. The van der Waals surface area contributed by atoms with Gasteiger partial charge >= 0.3 is 5.97 Å². The number of carboxylic acids is 1. The fraction of sp³-hybridized carbons (Fsp3) is 0.111. The van der Waals surface area contributed by atoms with Crippen molar-refractivity contribution in [1.82, 2.24) is 4.98 Å².